The maximum absolute atomic E-state index is 11.6. The molecule has 1 fully saturated rings. The van der Waals surface area contributed by atoms with Gasteiger partial charge in [0, 0.05) is 36.9 Å². The summed E-state index contributed by atoms with van der Waals surface area (Å²) in [6, 6.07) is 18.0. The van der Waals surface area contributed by atoms with E-state index in [1.165, 1.54) is 7.11 Å². The summed E-state index contributed by atoms with van der Waals surface area (Å²) in [7, 11) is 1.40. The zero-order valence-electron chi connectivity index (χ0n) is 16.7. The van der Waals surface area contributed by atoms with Crippen LogP contribution in [0.1, 0.15) is 23.2 Å². The smallest absolute Gasteiger partial charge is 0.337 e. The third kappa shape index (κ3) is 4.32. The normalized spacial score (nSPS) is 17.3. The van der Waals surface area contributed by atoms with Crippen LogP contribution in [0.5, 0.6) is 0 Å². The predicted molar refractivity (Wildman–Crippen MR) is 112 cm³/mol. The molecule has 1 atom stereocenters. The number of piperazine rings is 1. The fourth-order valence-corrected chi connectivity index (χ4v) is 3.68. The number of rotatable bonds is 5. The molecule has 150 valence electrons. The third-order valence-corrected chi connectivity index (χ3v) is 5.37. The highest BCUT2D eigenvalue weighted by atomic mass is 16.5. The second-order valence-corrected chi connectivity index (χ2v) is 7.29. The molecule has 1 saturated heterocycles. The summed E-state index contributed by atoms with van der Waals surface area (Å²) in [6.07, 6.45) is 1.80. The molecule has 0 bridgehead atoms. The molecule has 6 nitrogen and oxygen atoms in total. The van der Waals surface area contributed by atoms with Gasteiger partial charge < -0.3 is 14.1 Å². The number of ether oxygens (including phenoxy) is 1. The molecule has 2 heterocycles. The summed E-state index contributed by atoms with van der Waals surface area (Å²) in [5.74, 6) is 1.24. The quantitative estimate of drug-likeness (QED) is 0.616. The van der Waals surface area contributed by atoms with E-state index < -0.39 is 0 Å². The number of esters is 1. The highest BCUT2D eigenvalue weighted by Crippen LogP contribution is 2.23. The van der Waals surface area contributed by atoms with E-state index in [-0.39, 0.29) is 5.97 Å². The van der Waals surface area contributed by atoms with Gasteiger partial charge in [-0.1, -0.05) is 30.3 Å². The molecule has 0 spiro atoms. The number of carbonyl (C=O) groups is 1. The number of oxazole rings is 1. The van der Waals surface area contributed by atoms with E-state index in [1.54, 1.807) is 6.20 Å². The van der Waals surface area contributed by atoms with E-state index in [0.29, 0.717) is 18.2 Å². The van der Waals surface area contributed by atoms with Crippen molar-refractivity contribution in [2.24, 2.45) is 0 Å². The molecule has 0 N–H and O–H groups in total. The third-order valence-electron chi connectivity index (χ3n) is 5.37. The average molecular weight is 391 g/mol. The van der Waals surface area contributed by atoms with Gasteiger partial charge in [0.15, 0.2) is 5.76 Å². The first-order valence-electron chi connectivity index (χ1n) is 9.81. The van der Waals surface area contributed by atoms with Gasteiger partial charge in [-0.05, 0) is 31.2 Å². The Kier molecular flexibility index (Phi) is 5.62. The zero-order valence-corrected chi connectivity index (χ0v) is 16.7. The van der Waals surface area contributed by atoms with Crippen LogP contribution in [0, 0.1) is 0 Å². The minimum absolute atomic E-state index is 0.310. The minimum atomic E-state index is -0.310. The van der Waals surface area contributed by atoms with Crippen molar-refractivity contribution < 1.29 is 13.9 Å². The Morgan fingerprint density at radius 3 is 2.59 bits per heavy atom. The Bertz CT molecular complexity index is 953. The fraction of sp³-hybridized carbons (Fsp3) is 0.304. The van der Waals surface area contributed by atoms with Gasteiger partial charge in [-0.25, -0.2) is 9.78 Å². The zero-order chi connectivity index (χ0) is 20.2. The Balaban J connectivity index is 1.37. The van der Waals surface area contributed by atoms with Gasteiger partial charge in [0.05, 0.1) is 25.4 Å². The number of benzene rings is 2. The Morgan fingerprint density at radius 1 is 1.14 bits per heavy atom. The van der Waals surface area contributed by atoms with Crippen LogP contribution in [-0.2, 0) is 11.3 Å². The number of methoxy groups -OCH3 is 1. The van der Waals surface area contributed by atoms with E-state index >= 15 is 0 Å². The highest BCUT2D eigenvalue weighted by Gasteiger charge is 2.25. The molecule has 0 amide bonds. The largest absolute Gasteiger partial charge is 0.465 e. The van der Waals surface area contributed by atoms with Crippen LogP contribution in [0.3, 0.4) is 0 Å². The highest BCUT2D eigenvalue weighted by molar-refractivity contribution is 5.89. The summed E-state index contributed by atoms with van der Waals surface area (Å²) in [5, 5.41) is 0. The van der Waals surface area contributed by atoms with Gasteiger partial charge in [-0.2, -0.15) is 0 Å². The van der Waals surface area contributed by atoms with E-state index in [4.69, 9.17) is 9.15 Å². The van der Waals surface area contributed by atoms with Crippen LogP contribution < -0.4 is 4.90 Å². The lowest BCUT2D eigenvalue weighted by Crippen LogP contribution is -2.51. The lowest BCUT2D eigenvalue weighted by molar-refractivity contribution is 0.0600. The molecule has 0 aliphatic carbocycles. The van der Waals surface area contributed by atoms with Crippen molar-refractivity contribution in [2.75, 3.05) is 31.6 Å². The lowest BCUT2D eigenvalue weighted by atomic mass is 10.1. The number of carbonyl (C=O) groups excluding carboxylic acids is 1. The molecule has 3 aromatic rings. The SMILES string of the molecule is COC(=O)c1ccc(N2CCN(Cc3ncc(-c4ccccc4)o3)C(C)C2)cc1. The fourth-order valence-electron chi connectivity index (χ4n) is 3.68. The molecule has 2 aromatic carbocycles. The van der Waals surface area contributed by atoms with E-state index in [1.807, 2.05) is 54.6 Å². The maximum Gasteiger partial charge on any atom is 0.337 e. The molecule has 0 saturated carbocycles. The summed E-state index contributed by atoms with van der Waals surface area (Å²) < 4.78 is 10.7. The first-order valence-corrected chi connectivity index (χ1v) is 9.81. The van der Waals surface area contributed by atoms with Crippen molar-refractivity contribution in [3.8, 4) is 11.3 Å². The summed E-state index contributed by atoms with van der Waals surface area (Å²) in [5.41, 5.74) is 2.73. The molecule has 6 heteroatoms. The van der Waals surface area contributed by atoms with Crippen molar-refractivity contribution in [1.29, 1.82) is 0 Å². The monoisotopic (exact) mass is 391 g/mol. The standard InChI is InChI=1S/C23H25N3O3/c1-17-15-26(20-10-8-19(9-11-20)23(27)28-2)13-12-25(17)16-22-24-14-21(29-22)18-6-4-3-5-7-18/h3-11,14,17H,12-13,15-16H2,1-2H3. The van der Waals surface area contributed by atoms with Crippen molar-refractivity contribution in [3.05, 3.63) is 72.2 Å². The van der Waals surface area contributed by atoms with Crippen molar-refractivity contribution in [2.45, 2.75) is 19.5 Å². The van der Waals surface area contributed by atoms with Crippen molar-refractivity contribution >= 4 is 11.7 Å². The van der Waals surface area contributed by atoms with Crippen molar-refractivity contribution in [1.82, 2.24) is 9.88 Å². The number of aromatic nitrogens is 1. The summed E-state index contributed by atoms with van der Waals surface area (Å²) in [4.78, 5) is 20.8. The first kappa shape index (κ1) is 19.2. The minimum Gasteiger partial charge on any atom is -0.465 e. The van der Waals surface area contributed by atoms with Crippen LogP contribution in [0.15, 0.2) is 65.2 Å². The lowest BCUT2D eigenvalue weighted by Gasteiger charge is -2.40. The van der Waals surface area contributed by atoms with Gasteiger partial charge in [-0.3, -0.25) is 4.90 Å². The number of hydrogen-bond donors (Lipinski definition) is 0. The van der Waals surface area contributed by atoms with Crippen LogP contribution in [-0.4, -0.2) is 48.6 Å². The first-order chi connectivity index (χ1) is 14.1. The van der Waals surface area contributed by atoms with Gasteiger partial charge in [0.1, 0.15) is 0 Å². The summed E-state index contributed by atoms with van der Waals surface area (Å²) in [6.45, 7) is 5.65. The number of hydrogen-bond acceptors (Lipinski definition) is 6. The summed E-state index contributed by atoms with van der Waals surface area (Å²) >= 11 is 0. The van der Waals surface area contributed by atoms with Gasteiger partial charge in [0.2, 0.25) is 5.89 Å². The molecule has 1 aliphatic rings. The number of anilines is 1. The molecule has 1 aromatic heterocycles. The van der Waals surface area contributed by atoms with Gasteiger partial charge in [0.25, 0.3) is 0 Å². The predicted octanol–water partition coefficient (Wildman–Crippen LogP) is 3.84. The second-order valence-electron chi connectivity index (χ2n) is 7.29. The van der Waals surface area contributed by atoms with E-state index in [2.05, 4.69) is 21.7 Å². The Morgan fingerprint density at radius 2 is 1.90 bits per heavy atom. The average Bonchev–Trinajstić information content (AvgIpc) is 3.24. The van der Waals surface area contributed by atoms with Gasteiger partial charge >= 0.3 is 5.97 Å². The molecule has 1 aliphatic heterocycles. The van der Waals surface area contributed by atoms with Crippen LogP contribution in [0.25, 0.3) is 11.3 Å². The molecule has 29 heavy (non-hydrogen) atoms. The second kappa shape index (κ2) is 8.49. The topological polar surface area (TPSA) is 58.8 Å². The molecule has 1 unspecified atom stereocenters. The van der Waals surface area contributed by atoms with Crippen molar-refractivity contribution in [3.63, 3.8) is 0 Å². The van der Waals surface area contributed by atoms with E-state index in [0.717, 1.165) is 42.5 Å². The Hall–Kier alpha value is -3.12. The van der Waals surface area contributed by atoms with Crippen LogP contribution in [0.2, 0.25) is 0 Å². The van der Waals surface area contributed by atoms with Crippen LogP contribution in [0.4, 0.5) is 5.69 Å². The molecular formula is C23H25N3O3. The van der Waals surface area contributed by atoms with Gasteiger partial charge in [-0.15, -0.1) is 0 Å². The number of nitrogens with zero attached hydrogens (tertiary/aromatic N) is 3. The van der Waals surface area contributed by atoms with Crippen LogP contribution >= 0.6 is 0 Å². The molecular weight excluding hydrogens is 366 g/mol. The molecule has 0 radical (unpaired) electrons. The maximum atomic E-state index is 11.6. The Labute approximate surface area is 170 Å². The molecule has 4 rings (SSSR count). The van der Waals surface area contributed by atoms with E-state index in [9.17, 15) is 4.79 Å².